The number of halogens is 1. The Bertz CT molecular complexity index is 864. The maximum absolute atomic E-state index is 12.2. The molecule has 5 nitrogen and oxygen atoms in total. The van der Waals surface area contributed by atoms with Gasteiger partial charge in [0.1, 0.15) is 11.6 Å². The van der Waals surface area contributed by atoms with E-state index in [4.69, 9.17) is 11.6 Å². The maximum Gasteiger partial charge on any atom is 0.267 e. The highest BCUT2D eigenvalue weighted by Crippen LogP contribution is 2.22. The molecule has 2 aromatic rings. The van der Waals surface area contributed by atoms with Crippen molar-refractivity contribution in [3.05, 3.63) is 65.3 Å². The van der Waals surface area contributed by atoms with Gasteiger partial charge in [0.05, 0.1) is 0 Å². The van der Waals surface area contributed by atoms with Gasteiger partial charge in [-0.05, 0) is 61.7 Å². The fourth-order valence-electron chi connectivity index (χ4n) is 2.99. The summed E-state index contributed by atoms with van der Waals surface area (Å²) >= 11 is 5.91. The van der Waals surface area contributed by atoms with Crippen molar-refractivity contribution in [3.63, 3.8) is 0 Å². The Morgan fingerprint density at radius 2 is 1.81 bits per heavy atom. The van der Waals surface area contributed by atoms with Crippen molar-refractivity contribution in [2.45, 2.75) is 19.3 Å². The van der Waals surface area contributed by atoms with Gasteiger partial charge < -0.3 is 15.5 Å². The molecular weight excluding hydrogens is 360 g/mol. The number of hydrogen-bond donors (Lipinski definition) is 2. The predicted octanol–water partition coefficient (Wildman–Crippen LogP) is 4.79. The van der Waals surface area contributed by atoms with E-state index in [-0.39, 0.29) is 5.57 Å². The van der Waals surface area contributed by atoms with Gasteiger partial charge in [0.2, 0.25) is 0 Å². The largest absolute Gasteiger partial charge is 0.372 e. The third-order valence-electron chi connectivity index (χ3n) is 4.42. The molecule has 1 fully saturated rings. The summed E-state index contributed by atoms with van der Waals surface area (Å²) in [6.07, 6.45) is 5.18. The van der Waals surface area contributed by atoms with E-state index in [1.54, 1.807) is 24.3 Å². The number of carbonyl (C=O) groups is 1. The fourth-order valence-corrected chi connectivity index (χ4v) is 3.18. The summed E-state index contributed by atoms with van der Waals surface area (Å²) in [6.45, 7) is 2.18. The van der Waals surface area contributed by atoms with Crippen LogP contribution in [-0.2, 0) is 4.79 Å². The van der Waals surface area contributed by atoms with Crippen molar-refractivity contribution in [3.8, 4) is 6.07 Å². The topological polar surface area (TPSA) is 68.2 Å². The van der Waals surface area contributed by atoms with Crippen molar-refractivity contribution < 1.29 is 4.79 Å². The van der Waals surface area contributed by atoms with E-state index in [9.17, 15) is 10.1 Å². The fraction of sp³-hybridized carbons (Fsp3) is 0.238. The van der Waals surface area contributed by atoms with Gasteiger partial charge in [-0.25, -0.2) is 0 Å². The molecule has 27 heavy (non-hydrogen) atoms. The number of rotatable bonds is 5. The maximum atomic E-state index is 12.2. The number of carbonyl (C=O) groups excluding carboxylic acids is 1. The van der Waals surface area contributed by atoms with Gasteiger partial charge >= 0.3 is 0 Å². The molecule has 2 N–H and O–H groups in total. The van der Waals surface area contributed by atoms with Crippen LogP contribution in [0.4, 0.5) is 17.1 Å². The van der Waals surface area contributed by atoms with E-state index in [0.29, 0.717) is 10.7 Å². The second-order valence-corrected chi connectivity index (χ2v) is 6.81. The van der Waals surface area contributed by atoms with Gasteiger partial charge in [0, 0.05) is 41.4 Å². The molecule has 1 saturated heterocycles. The first-order chi connectivity index (χ1) is 13.2. The number of anilines is 3. The molecule has 0 radical (unpaired) electrons. The normalized spacial score (nSPS) is 14.4. The molecule has 2 aromatic carbocycles. The van der Waals surface area contributed by atoms with Crippen LogP contribution in [0.2, 0.25) is 5.02 Å². The quantitative estimate of drug-likeness (QED) is 0.578. The number of nitrogens with one attached hydrogen (secondary N) is 2. The van der Waals surface area contributed by atoms with Crippen LogP contribution in [0.5, 0.6) is 0 Å². The van der Waals surface area contributed by atoms with Crippen molar-refractivity contribution in [2.75, 3.05) is 28.6 Å². The van der Waals surface area contributed by atoms with Crippen LogP contribution in [-0.4, -0.2) is 19.0 Å². The number of nitrogens with zero attached hydrogens (tertiary/aromatic N) is 2. The van der Waals surface area contributed by atoms with Crippen LogP contribution in [0, 0.1) is 11.3 Å². The molecule has 1 amide bonds. The monoisotopic (exact) mass is 380 g/mol. The van der Waals surface area contributed by atoms with Gasteiger partial charge in [0.15, 0.2) is 0 Å². The molecule has 1 heterocycles. The Hall–Kier alpha value is -2.97. The second kappa shape index (κ2) is 9.11. The zero-order valence-electron chi connectivity index (χ0n) is 14.9. The molecule has 0 saturated carbocycles. The SMILES string of the molecule is N#C/C(=C/Nc1ccc(N2CCCCC2)cc1)C(=O)Nc1cccc(Cl)c1. The summed E-state index contributed by atoms with van der Waals surface area (Å²) in [7, 11) is 0. The van der Waals surface area contributed by atoms with Crippen molar-refractivity contribution >= 4 is 34.6 Å². The molecule has 1 aliphatic heterocycles. The van der Waals surface area contributed by atoms with Gasteiger partial charge in [-0.15, -0.1) is 0 Å². The van der Waals surface area contributed by atoms with Crippen LogP contribution in [0.1, 0.15) is 19.3 Å². The molecule has 0 spiro atoms. The second-order valence-electron chi connectivity index (χ2n) is 6.37. The minimum atomic E-state index is -0.489. The summed E-state index contributed by atoms with van der Waals surface area (Å²) in [5, 5.41) is 15.5. The van der Waals surface area contributed by atoms with Gasteiger partial charge in [0.25, 0.3) is 5.91 Å². The number of piperidine rings is 1. The predicted molar refractivity (Wildman–Crippen MR) is 110 cm³/mol. The number of amides is 1. The Morgan fingerprint density at radius 3 is 2.48 bits per heavy atom. The molecular formula is C21H21ClN4O. The van der Waals surface area contributed by atoms with Crippen molar-refractivity contribution in [2.24, 2.45) is 0 Å². The first-order valence-electron chi connectivity index (χ1n) is 8.94. The molecule has 138 valence electrons. The number of hydrogen-bond acceptors (Lipinski definition) is 4. The highest BCUT2D eigenvalue weighted by molar-refractivity contribution is 6.31. The highest BCUT2D eigenvalue weighted by Gasteiger charge is 2.11. The van der Waals surface area contributed by atoms with E-state index in [0.717, 1.165) is 18.8 Å². The molecule has 0 atom stereocenters. The molecule has 6 heteroatoms. The summed E-state index contributed by atoms with van der Waals surface area (Å²) in [5.74, 6) is -0.489. The summed E-state index contributed by atoms with van der Waals surface area (Å²) in [4.78, 5) is 14.6. The smallest absolute Gasteiger partial charge is 0.267 e. The molecule has 0 aliphatic carbocycles. The minimum absolute atomic E-state index is 0.0184. The Labute approximate surface area is 164 Å². The van der Waals surface area contributed by atoms with E-state index < -0.39 is 5.91 Å². The third-order valence-corrected chi connectivity index (χ3v) is 4.65. The van der Waals surface area contributed by atoms with Gasteiger partial charge in [-0.2, -0.15) is 5.26 Å². The van der Waals surface area contributed by atoms with Crippen LogP contribution in [0.25, 0.3) is 0 Å². The van der Waals surface area contributed by atoms with Gasteiger partial charge in [-0.3, -0.25) is 4.79 Å². The van der Waals surface area contributed by atoms with Crippen LogP contribution in [0.3, 0.4) is 0 Å². The zero-order valence-corrected chi connectivity index (χ0v) is 15.7. The standard InChI is InChI=1S/C21H21ClN4O/c22-17-5-4-6-19(13-17)25-21(27)16(14-23)15-24-18-7-9-20(10-8-18)26-11-2-1-3-12-26/h4-10,13,15,24H,1-3,11-12H2,(H,25,27)/b16-15-. The minimum Gasteiger partial charge on any atom is -0.372 e. The Morgan fingerprint density at radius 1 is 1.07 bits per heavy atom. The van der Waals surface area contributed by atoms with E-state index in [1.807, 2.05) is 18.2 Å². The molecule has 0 unspecified atom stereocenters. The average Bonchev–Trinajstić information content (AvgIpc) is 2.69. The Kier molecular flexibility index (Phi) is 6.35. The van der Waals surface area contributed by atoms with Crippen LogP contribution < -0.4 is 15.5 Å². The van der Waals surface area contributed by atoms with E-state index >= 15 is 0 Å². The third kappa shape index (κ3) is 5.25. The number of benzene rings is 2. The lowest BCUT2D eigenvalue weighted by atomic mass is 10.1. The van der Waals surface area contributed by atoms with Crippen molar-refractivity contribution in [1.82, 2.24) is 0 Å². The summed E-state index contributed by atoms with van der Waals surface area (Å²) < 4.78 is 0. The summed E-state index contributed by atoms with van der Waals surface area (Å²) in [6, 6.07) is 16.7. The Balaban J connectivity index is 1.62. The lowest BCUT2D eigenvalue weighted by Gasteiger charge is -2.28. The lowest BCUT2D eigenvalue weighted by Crippen LogP contribution is -2.29. The molecule has 3 rings (SSSR count). The highest BCUT2D eigenvalue weighted by atomic mass is 35.5. The van der Waals surface area contributed by atoms with Crippen LogP contribution >= 0.6 is 11.6 Å². The lowest BCUT2D eigenvalue weighted by molar-refractivity contribution is -0.112. The molecule has 0 aromatic heterocycles. The zero-order chi connectivity index (χ0) is 19.1. The van der Waals surface area contributed by atoms with E-state index in [1.165, 1.54) is 31.1 Å². The molecule has 0 bridgehead atoms. The van der Waals surface area contributed by atoms with Gasteiger partial charge in [-0.1, -0.05) is 17.7 Å². The average molecular weight is 381 g/mol. The molecule has 1 aliphatic rings. The summed E-state index contributed by atoms with van der Waals surface area (Å²) in [5.41, 5.74) is 2.54. The van der Waals surface area contributed by atoms with Crippen molar-refractivity contribution in [1.29, 1.82) is 5.26 Å². The first-order valence-corrected chi connectivity index (χ1v) is 9.32. The first kappa shape index (κ1) is 18.8. The number of nitriles is 1. The van der Waals surface area contributed by atoms with E-state index in [2.05, 4.69) is 27.7 Å². The van der Waals surface area contributed by atoms with Crippen LogP contribution in [0.15, 0.2) is 60.3 Å².